The molecule has 0 aliphatic heterocycles. The Bertz CT molecular complexity index is 903. The van der Waals surface area contributed by atoms with Crippen LogP contribution in [0.4, 0.5) is 23.2 Å². The molecule has 0 spiro atoms. The van der Waals surface area contributed by atoms with E-state index in [2.05, 4.69) is 5.32 Å². The number of hydrogen-bond donors (Lipinski definition) is 1. The lowest BCUT2D eigenvalue weighted by Gasteiger charge is -2.12. The van der Waals surface area contributed by atoms with Crippen molar-refractivity contribution in [3.05, 3.63) is 58.6 Å². The van der Waals surface area contributed by atoms with Gasteiger partial charge in [-0.25, -0.2) is 17.2 Å². The minimum absolute atomic E-state index is 0.430. The van der Waals surface area contributed by atoms with Crippen molar-refractivity contribution in [2.24, 2.45) is 0 Å². The van der Waals surface area contributed by atoms with E-state index in [1.54, 1.807) is 0 Å². The summed E-state index contributed by atoms with van der Waals surface area (Å²) in [5.41, 5.74) is -0.927. The van der Waals surface area contributed by atoms with Crippen LogP contribution in [-0.4, -0.2) is 20.1 Å². The fourth-order valence-corrected chi connectivity index (χ4v) is 2.92. The van der Waals surface area contributed by atoms with Crippen LogP contribution < -0.4 is 5.32 Å². The van der Waals surface area contributed by atoms with Gasteiger partial charge in [-0.2, -0.15) is 8.78 Å². The minimum atomic E-state index is -4.98. The number of alkyl halides is 2. The van der Waals surface area contributed by atoms with Gasteiger partial charge < -0.3 is 5.32 Å². The van der Waals surface area contributed by atoms with Crippen LogP contribution in [0.25, 0.3) is 0 Å². The summed E-state index contributed by atoms with van der Waals surface area (Å²) in [4.78, 5) is 11.3. The Labute approximate surface area is 139 Å². The number of carbonyl (C=O) groups excluding carboxylic acids is 1. The molecule has 0 bridgehead atoms. The molecule has 4 nitrogen and oxygen atoms in total. The van der Waals surface area contributed by atoms with Crippen LogP contribution in [0.2, 0.25) is 5.02 Å². The van der Waals surface area contributed by atoms with Crippen LogP contribution in [0.3, 0.4) is 0 Å². The molecule has 2 rings (SSSR count). The first-order chi connectivity index (χ1) is 11.1. The molecule has 0 saturated heterocycles. The van der Waals surface area contributed by atoms with Crippen LogP contribution in [0, 0.1) is 11.6 Å². The largest absolute Gasteiger partial charge is 0.341 e. The zero-order chi connectivity index (χ0) is 18.1. The standard InChI is InChI=1S/C14H8ClF4NO3S/c15-8-6-10(17)9(16)5-7(8)13(21)20-11-3-1-2-4-12(11)24(22,23)14(18)19/h1-6,14H,(H,20,21). The third-order valence-corrected chi connectivity index (χ3v) is 4.68. The van der Waals surface area contributed by atoms with E-state index in [-0.39, 0.29) is 0 Å². The van der Waals surface area contributed by atoms with Crippen LogP contribution in [0.1, 0.15) is 10.4 Å². The Hall–Kier alpha value is -2.13. The Kier molecular flexibility index (Phi) is 5.14. The predicted molar refractivity (Wildman–Crippen MR) is 79.0 cm³/mol. The molecule has 0 radical (unpaired) electrons. The summed E-state index contributed by atoms with van der Waals surface area (Å²) in [6, 6.07) is 5.51. The molecule has 0 atom stereocenters. The highest BCUT2D eigenvalue weighted by Crippen LogP contribution is 2.27. The van der Waals surface area contributed by atoms with Crippen molar-refractivity contribution < 1.29 is 30.8 Å². The number of amides is 1. The molecule has 1 amide bonds. The van der Waals surface area contributed by atoms with Crippen LogP contribution in [-0.2, 0) is 9.84 Å². The van der Waals surface area contributed by atoms with Gasteiger partial charge in [0.1, 0.15) is 0 Å². The number of benzene rings is 2. The number of sulfone groups is 1. The van der Waals surface area contributed by atoms with Gasteiger partial charge >= 0.3 is 5.76 Å². The van der Waals surface area contributed by atoms with Crippen LogP contribution in [0.5, 0.6) is 0 Å². The number of hydrogen-bond acceptors (Lipinski definition) is 3. The zero-order valence-electron chi connectivity index (χ0n) is 11.6. The number of anilines is 1. The van der Waals surface area contributed by atoms with E-state index in [0.717, 1.165) is 12.1 Å². The van der Waals surface area contributed by atoms with E-state index < -0.39 is 54.3 Å². The van der Waals surface area contributed by atoms with Crippen molar-refractivity contribution in [3.8, 4) is 0 Å². The molecule has 10 heteroatoms. The summed E-state index contributed by atoms with van der Waals surface area (Å²) < 4.78 is 74.8. The van der Waals surface area contributed by atoms with Gasteiger partial charge in [-0.3, -0.25) is 4.79 Å². The first kappa shape index (κ1) is 18.2. The smallest absolute Gasteiger partial charge is 0.321 e. The summed E-state index contributed by atoms with van der Waals surface area (Å²) in [5.74, 6) is -7.41. The molecule has 0 aliphatic carbocycles. The maximum absolute atomic E-state index is 13.2. The number of carbonyl (C=O) groups is 1. The third-order valence-electron chi connectivity index (χ3n) is 2.93. The molecule has 2 aromatic rings. The zero-order valence-corrected chi connectivity index (χ0v) is 13.1. The first-order valence-corrected chi connectivity index (χ1v) is 8.14. The maximum atomic E-state index is 13.2. The van der Waals surface area contributed by atoms with Gasteiger partial charge in [0.15, 0.2) is 11.6 Å². The second-order valence-electron chi connectivity index (χ2n) is 4.50. The van der Waals surface area contributed by atoms with Gasteiger partial charge in [0.2, 0.25) is 9.84 Å². The van der Waals surface area contributed by atoms with E-state index in [0.29, 0.717) is 12.1 Å². The maximum Gasteiger partial charge on any atom is 0.341 e. The highest BCUT2D eigenvalue weighted by Gasteiger charge is 2.29. The molecule has 0 fully saturated rings. The van der Waals surface area contributed by atoms with Gasteiger partial charge in [0, 0.05) is 0 Å². The second kappa shape index (κ2) is 6.78. The van der Waals surface area contributed by atoms with E-state index in [1.807, 2.05) is 0 Å². The van der Waals surface area contributed by atoms with Crippen molar-refractivity contribution in [3.63, 3.8) is 0 Å². The summed E-state index contributed by atoms with van der Waals surface area (Å²) >= 11 is 5.64. The van der Waals surface area contributed by atoms with Gasteiger partial charge in [0.05, 0.1) is 21.2 Å². The number of halogens is 5. The number of rotatable bonds is 4. The Morgan fingerprint density at radius 3 is 2.29 bits per heavy atom. The lowest BCUT2D eigenvalue weighted by molar-refractivity contribution is 0.102. The van der Waals surface area contributed by atoms with Gasteiger partial charge in [-0.05, 0) is 24.3 Å². The molecule has 1 N–H and O–H groups in total. The van der Waals surface area contributed by atoms with Crippen molar-refractivity contribution in [2.45, 2.75) is 10.7 Å². The van der Waals surface area contributed by atoms with Crippen molar-refractivity contribution in [2.75, 3.05) is 5.32 Å². The predicted octanol–water partition coefficient (Wildman–Crippen LogP) is 3.87. The summed E-state index contributed by atoms with van der Waals surface area (Å²) in [6.07, 6.45) is 0. The Morgan fingerprint density at radius 1 is 1.08 bits per heavy atom. The number of para-hydroxylation sites is 1. The average Bonchev–Trinajstić information content (AvgIpc) is 2.51. The molecule has 0 aliphatic rings. The van der Waals surface area contributed by atoms with Crippen LogP contribution in [0.15, 0.2) is 41.3 Å². The monoisotopic (exact) mass is 381 g/mol. The van der Waals surface area contributed by atoms with Gasteiger partial charge in [-0.15, -0.1) is 0 Å². The van der Waals surface area contributed by atoms with Crippen molar-refractivity contribution in [1.29, 1.82) is 0 Å². The SMILES string of the molecule is O=C(Nc1ccccc1S(=O)(=O)C(F)F)c1cc(F)c(F)cc1Cl. The first-order valence-electron chi connectivity index (χ1n) is 6.21. The fourth-order valence-electron chi connectivity index (χ4n) is 1.80. The molecular formula is C14H8ClF4NO3S. The highest BCUT2D eigenvalue weighted by atomic mass is 35.5. The molecule has 0 unspecified atom stereocenters. The van der Waals surface area contributed by atoms with E-state index >= 15 is 0 Å². The molecule has 0 saturated carbocycles. The Morgan fingerprint density at radius 2 is 1.67 bits per heavy atom. The van der Waals surface area contributed by atoms with Crippen molar-refractivity contribution >= 4 is 33.0 Å². The summed E-state index contributed by atoms with van der Waals surface area (Å²) in [6.45, 7) is 0. The van der Waals surface area contributed by atoms with E-state index in [9.17, 15) is 30.8 Å². The molecule has 128 valence electrons. The second-order valence-corrected chi connectivity index (χ2v) is 6.80. The molecular weight excluding hydrogens is 374 g/mol. The van der Waals surface area contributed by atoms with E-state index in [1.165, 1.54) is 12.1 Å². The number of nitrogens with one attached hydrogen (secondary N) is 1. The molecule has 24 heavy (non-hydrogen) atoms. The minimum Gasteiger partial charge on any atom is -0.321 e. The quantitative estimate of drug-likeness (QED) is 0.646. The lowest BCUT2D eigenvalue weighted by Crippen LogP contribution is -2.18. The molecule has 0 heterocycles. The van der Waals surface area contributed by atoms with Gasteiger partial charge in [-0.1, -0.05) is 23.7 Å². The topological polar surface area (TPSA) is 63.2 Å². The fraction of sp³-hybridized carbons (Fsp3) is 0.0714. The average molecular weight is 382 g/mol. The third kappa shape index (κ3) is 3.51. The molecule has 2 aromatic carbocycles. The molecule has 0 aromatic heterocycles. The summed E-state index contributed by atoms with van der Waals surface area (Å²) in [7, 11) is -4.98. The van der Waals surface area contributed by atoms with Crippen molar-refractivity contribution in [1.82, 2.24) is 0 Å². The van der Waals surface area contributed by atoms with E-state index in [4.69, 9.17) is 11.6 Å². The summed E-state index contributed by atoms with van der Waals surface area (Å²) in [5, 5.41) is 1.62. The lowest BCUT2D eigenvalue weighted by atomic mass is 10.2. The Balaban J connectivity index is 2.43. The normalized spacial score (nSPS) is 11.6. The highest BCUT2D eigenvalue weighted by molar-refractivity contribution is 7.91. The van der Waals surface area contributed by atoms with Gasteiger partial charge in [0.25, 0.3) is 5.91 Å². The van der Waals surface area contributed by atoms with Crippen LogP contribution >= 0.6 is 11.6 Å².